The summed E-state index contributed by atoms with van der Waals surface area (Å²) < 4.78 is 4.66. The van der Waals surface area contributed by atoms with Crippen LogP contribution in [0, 0.1) is 0 Å². The fraction of sp³-hybridized carbons (Fsp3) is 0.222. The number of primary amides is 1. The maximum absolute atomic E-state index is 11.4. The SMILES string of the molecule is NC(=O)C[C@H](NC(=O)c1ccoc1)C(=O)O. The maximum atomic E-state index is 11.4. The molecule has 1 aromatic heterocycles. The molecule has 0 fully saturated rings. The minimum atomic E-state index is -1.33. The topological polar surface area (TPSA) is 123 Å². The van der Waals surface area contributed by atoms with Crippen molar-refractivity contribution in [3.63, 3.8) is 0 Å². The first-order chi connectivity index (χ1) is 7.50. The number of furan rings is 1. The molecule has 1 heterocycles. The van der Waals surface area contributed by atoms with Gasteiger partial charge in [-0.05, 0) is 6.07 Å². The number of amides is 2. The Labute approximate surface area is 90.2 Å². The third kappa shape index (κ3) is 3.12. The van der Waals surface area contributed by atoms with Gasteiger partial charge in [-0.25, -0.2) is 4.79 Å². The summed E-state index contributed by atoms with van der Waals surface area (Å²) in [6.07, 6.45) is 1.98. The first kappa shape index (κ1) is 11.8. The van der Waals surface area contributed by atoms with Crippen molar-refractivity contribution in [3.8, 4) is 0 Å². The Balaban J connectivity index is 2.65. The van der Waals surface area contributed by atoms with E-state index < -0.39 is 30.2 Å². The van der Waals surface area contributed by atoms with Crippen LogP contribution in [0.15, 0.2) is 23.0 Å². The average molecular weight is 226 g/mol. The second kappa shape index (κ2) is 4.96. The van der Waals surface area contributed by atoms with Gasteiger partial charge < -0.3 is 20.6 Å². The molecule has 0 bridgehead atoms. The molecule has 4 N–H and O–H groups in total. The van der Waals surface area contributed by atoms with Crippen LogP contribution in [0.4, 0.5) is 0 Å². The van der Waals surface area contributed by atoms with Gasteiger partial charge >= 0.3 is 5.97 Å². The van der Waals surface area contributed by atoms with E-state index in [2.05, 4.69) is 9.73 Å². The van der Waals surface area contributed by atoms with E-state index in [1.807, 2.05) is 0 Å². The fourth-order valence-corrected chi connectivity index (χ4v) is 1.04. The third-order valence-corrected chi connectivity index (χ3v) is 1.79. The number of carboxylic acids is 1. The van der Waals surface area contributed by atoms with Crippen molar-refractivity contribution in [2.24, 2.45) is 5.73 Å². The van der Waals surface area contributed by atoms with Crippen molar-refractivity contribution in [1.29, 1.82) is 0 Å². The molecule has 2 amide bonds. The molecule has 7 heteroatoms. The van der Waals surface area contributed by atoms with Crippen LogP contribution in [-0.4, -0.2) is 28.9 Å². The molecule has 1 atom stereocenters. The molecule has 0 aliphatic rings. The van der Waals surface area contributed by atoms with Crippen LogP contribution in [0.1, 0.15) is 16.8 Å². The van der Waals surface area contributed by atoms with Crippen LogP contribution < -0.4 is 11.1 Å². The van der Waals surface area contributed by atoms with Gasteiger partial charge in [0.15, 0.2) is 0 Å². The normalized spacial score (nSPS) is 11.8. The summed E-state index contributed by atoms with van der Waals surface area (Å²) in [5.74, 6) is -2.77. The summed E-state index contributed by atoms with van der Waals surface area (Å²) in [6, 6.07) is 0.0401. The standard InChI is InChI=1S/C9H10N2O5/c10-7(12)3-6(9(14)15)11-8(13)5-1-2-16-4-5/h1-2,4,6H,3H2,(H2,10,12)(H,11,13)(H,14,15)/t6-/m0/s1. The molecule has 1 rings (SSSR count). The zero-order chi connectivity index (χ0) is 12.1. The lowest BCUT2D eigenvalue weighted by Crippen LogP contribution is -2.43. The van der Waals surface area contributed by atoms with Crippen LogP contribution >= 0.6 is 0 Å². The van der Waals surface area contributed by atoms with Crippen molar-refractivity contribution < 1.29 is 23.9 Å². The highest BCUT2D eigenvalue weighted by atomic mass is 16.4. The van der Waals surface area contributed by atoms with Gasteiger partial charge in [0.25, 0.3) is 5.91 Å². The van der Waals surface area contributed by atoms with E-state index in [-0.39, 0.29) is 5.56 Å². The van der Waals surface area contributed by atoms with Gasteiger partial charge in [-0.1, -0.05) is 0 Å². The van der Waals surface area contributed by atoms with E-state index in [4.69, 9.17) is 10.8 Å². The van der Waals surface area contributed by atoms with Crippen molar-refractivity contribution in [2.75, 3.05) is 0 Å². The maximum Gasteiger partial charge on any atom is 0.326 e. The molecule has 0 aliphatic carbocycles. The van der Waals surface area contributed by atoms with Crippen LogP contribution in [0.3, 0.4) is 0 Å². The summed E-state index contributed by atoms with van der Waals surface area (Å²) in [5.41, 5.74) is 5.03. The lowest BCUT2D eigenvalue weighted by atomic mass is 10.2. The highest BCUT2D eigenvalue weighted by Crippen LogP contribution is 2.01. The van der Waals surface area contributed by atoms with E-state index in [0.29, 0.717) is 0 Å². The predicted molar refractivity (Wildman–Crippen MR) is 51.4 cm³/mol. The van der Waals surface area contributed by atoms with E-state index in [1.165, 1.54) is 18.6 Å². The van der Waals surface area contributed by atoms with Crippen LogP contribution in [0.5, 0.6) is 0 Å². The predicted octanol–water partition coefficient (Wildman–Crippen LogP) is -0.662. The van der Waals surface area contributed by atoms with E-state index in [1.54, 1.807) is 0 Å². The summed E-state index contributed by atoms with van der Waals surface area (Å²) in [6.45, 7) is 0. The van der Waals surface area contributed by atoms with Crippen LogP contribution in [0.25, 0.3) is 0 Å². The molecule has 0 saturated carbocycles. The number of nitrogens with two attached hydrogens (primary N) is 1. The van der Waals surface area contributed by atoms with Crippen molar-refractivity contribution in [1.82, 2.24) is 5.32 Å². The molecule has 0 saturated heterocycles. The van der Waals surface area contributed by atoms with Gasteiger partial charge in [0.05, 0.1) is 18.2 Å². The highest BCUT2D eigenvalue weighted by Gasteiger charge is 2.22. The second-order valence-corrected chi connectivity index (χ2v) is 3.05. The first-order valence-electron chi connectivity index (χ1n) is 4.35. The Morgan fingerprint density at radius 3 is 2.62 bits per heavy atom. The molecule has 86 valence electrons. The van der Waals surface area contributed by atoms with Crippen molar-refractivity contribution in [2.45, 2.75) is 12.5 Å². The average Bonchev–Trinajstić information content (AvgIpc) is 2.68. The number of hydrogen-bond acceptors (Lipinski definition) is 4. The summed E-state index contributed by atoms with van der Waals surface area (Å²) >= 11 is 0. The third-order valence-electron chi connectivity index (χ3n) is 1.79. The molecule has 16 heavy (non-hydrogen) atoms. The summed E-state index contributed by atoms with van der Waals surface area (Å²) in [7, 11) is 0. The first-order valence-corrected chi connectivity index (χ1v) is 4.35. The minimum absolute atomic E-state index is 0.177. The number of carbonyl (C=O) groups is 3. The smallest absolute Gasteiger partial charge is 0.326 e. The Morgan fingerprint density at radius 2 is 2.19 bits per heavy atom. The number of rotatable bonds is 5. The minimum Gasteiger partial charge on any atom is -0.480 e. The molecule has 7 nitrogen and oxygen atoms in total. The second-order valence-electron chi connectivity index (χ2n) is 3.05. The van der Waals surface area contributed by atoms with Gasteiger partial charge in [-0.2, -0.15) is 0 Å². The molecule has 0 radical (unpaired) electrons. The molecule has 0 spiro atoms. The highest BCUT2D eigenvalue weighted by molar-refractivity contribution is 5.97. The molecule has 0 unspecified atom stereocenters. The quantitative estimate of drug-likeness (QED) is 0.614. The van der Waals surface area contributed by atoms with Gasteiger partial charge in [0, 0.05) is 0 Å². The summed E-state index contributed by atoms with van der Waals surface area (Å²) in [4.78, 5) is 32.7. The lowest BCUT2D eigenvalue weighted by Gasteiger charge is -2.11. The zero-order valence-electron chi connectivity index (χ0n) is 8.17. The molecule has 0 aromatic carbocycles. The largest absolute Gasteiger partial charge is 0.480 e. The number of hydrogen-bond donors (Lipinski definition) is 3. The monoisotopic (exact) mass is 226 g/mol. The number of carbonyl (C=O) groups excluding carboxylic acids is 2. The molecular formula is C9H10N2O5. The van der Waals surface area contributed by atoms with Gasteiger partial charge in [-0.15, -0.1) is 0 Å². The Hall–Kier alpha value is -2.31. The van der Waals surface area contributed by atoms with E-state index in [0.717, 1.165) is 0 Å². The Morgan fingerprint density at radius 1 is 1.50 bits per heavy atom. The van der Waals surface area contributed by atoms with Crippen LogP contribution in [0.2, 0.25) is 0 Å². The number of carboxylic acid groups (broad SMARTS) is 1. The van der Waals surface area contributed by atoms with Gasteiger partial charge in [0.2, 0.25) is 5.91 Å². The van der Waals surface area contributed by atoms with Gasteiger partial charge in [0.1, 0.15) is 12.3 Å². The number of nitrogens with one attached hydrogen (secondary N) is 1. The summed E-state index contributed by atoms with van der Waals surface area (Å²) in [5, 5.41) is 10.9. The van der Waals surface area contributed by atoms with Crippen LogP contribution in [-0.2, 0) is 9.59 Å². The van der Waals surface area contributed by atoms with E-state index in [9.17, 15) is 14.4 Å². The molecule has 1 aromatic rings. The zero-order valence-corrected chi connectivity index (χ0v) is 8.17. The van der Waals surface area contributed by atoms with Crippen molar-refractivity contribution in [3.05, 3.63) is 24.2 Å². The Kier molecular flexibility index (Phi) is 3.65. The van der Waals surface area contributed by atoms with Gasteiger partial charge in [-0.3, -0.25) is 9.59 Å². The molecular weight excluding hydrogens is 216 g/mol. The lowest BCUT2D eigenvalue weighted by molar-refractivity contribution is -0.140. The van der Waals surface area contributed by atoms with E-state index >= 15 is 0 Å². The number of aliphatic carboxylic acids is 1. The fourth-order valence-electron chi connectivity index (χ4n) is 1.04. The molecule has 0 aliphatic heterocycles. The van der Waals surface area contributed by atoms with Crippen molar-refractivity contribution >= 4 is 17.8 Å². The Bertz CT molecular complexity index is 398.